The van der Waals surface area contributed by atoms with E-state index >= 15 is 0 Å². The van der Waals surface area contributed by atoms with Crippen molar-refractivity contribution >= 4 is 33.0 Å². The van der Waals surface area contributed by atoms with E-state index in [4.69, 9.17) is 23.2 Å². The number of benzene rings is 4. The molecule has 0 amide bonds. The normalized spacial score (nSPS) is 13.1. The summed E-state index contributed by atoms with van der Waals surface area (Å²) < 4.78 is 27.5. The Morgan fingerprint density at radius 1 is 0.758 bits per heavy atom. The predicted molar refractivity (Wildman–Crippen MR) is 130 cm³/mol. The molecule has 1 unspecified atom stereocenters. The Bertz CT molecular complexity index is 1520. The highest BCUT2D eigenvalue weighted by Crippen LogP contribution is 2.47. The maximum Gasteiger partial charge on any atom is 0.206 e. The van der Waals surface area contributed by atoms with Crippen molar-refractivity contribution in [2.24, 2.45) is 0 Å². The summed E-state index contributed by atoms with van der Waals surface area (Å²) >= 11 is 13.0. The summed E-state index contributed by atoms with van der Waals surface area (Å²) in [7, 11) is -3.90. The molecular formula is C27H17Cl2NO2S. The number of fused-ring (bicyclic) bond motifs is 3. The molecule has 0 spiro atoms. The monoisotopic (exact) mass is 489 g/mol. The molecule has 6 heteroatoms. The van der Waals surface area contributed by atoms with E-state index in [2.05, 4.69) is 6.07 Å². The molecule has 4 aromatic rings. The van der Waals surface area contributed by atoms with Gasteiger partial charge in [0.2, 0.25) is 9.84 Å². The molecule has 4 aromatic carbocycles. The van der Waals surface area contributed by atoms with Gasteiger partial charge in [0.25, 0.3) is 0 Å². The highest BCUT2D eigenvalue weighted by molar-refractivity contribution is 7.91. The van der Waals surface area contributed by atoms with Crippen LogP contribution in [0.25, 0.3) is 11.1 Å². The van der Waals surface area contributed by atoms with Crippen LogP contribution in [-0.2, 0) is 16.3 Å². The Morgan fingerprint density at radius 3 is 2.12 bits per heavy atom. The highest BCUT2D eigenvalue weighted by Gasteiger charge is 2.34. The standard InChI is InChI=1S/C27H17Cl2NO2S/c28-23-11-6-12-24(29)27(23)22(16-30)26-21-15-17-7-4-5-10-19(17)20(21)13-14-25(26)33(31,32)18-8-2-1-3-9-18/h1-14,22H,15H2. The fraction of sp³-hybridized carbons (Fsp3) is 0.0741. The van der Waals surface area contributed by atoms with Crippen molar-refractivity contribution in [2.75, 3.05) is 0 Å². The Hall–Kier alpha value is -3.10. The third-order valence-corrected chi connectivity index (χ3v) is 8.53. The van der Waals surface area contributed by atoms with Crippen molar-refractivity contribution in [1.29, 1.82) is 5.26 Å². The van der Waals surface area contributed by atoms with Gasteiger partial charge in [-0.25, -0.2) is 8.42 Å². The van der Waals surface area contributed by atoms with Crippen LogP contribution in [0.3, 0.4) is 0 Å². The van der Waals surface area contributed by atoms with Crippen molar-refractivity contribution in [1.82, 2.24) is 0 Å². The van der Waals surface area contributed by atoms with E-state index in [1.165, 1.54) is 0 Å². The quantitative estimate of drug-likeness (QED) is 0.271. The smallest absolute Gasteiger partial charge is 0.206 e. The van der Waals surface area contributed by atoms with E-state index in [1.807, 2.05) is 30.3 Å². The van der Waals surface area contributed by atoms with E-state index in [9.17, 15) is 13.7 Å². The zero-order chi connectivity index (χ0) is 23.2. The summed E-state index contributed by atoms with van der Waals surface area (Å²) in [6, 6.07) is 27.0. The average Bonchev–Trinajstić information content (AvgIpc) is 3.21. The van der Waals surface area contributed by atoms with E-state index in [0.717, 1.165) is 22.3 Å². The van der Waals surface area contributed by atoms with Crippen molar-refractivity contribution < 1.29 is 8.42 Å². The first-order chi connectivity index (χ1) is 15.9. The Kier molecular flexibility index (Phi) is 5.50. The van der Waals surface area contributed by atoms with Crippen LogP contribution in [0.15, 0.2) is 94.7 Å². The third-order valence-electron chi connectivity index (χ3n) is 6.04. The molecule has 0 radical (unpaired) electrons. The Labute approximate surface area is 202 Å². The second-order valence-corrected chi connectivity index (χ2v) is 10.6. The van der Waals surface area contributed by atoms with Gasteiger partial charge in [-0.15, -0.1) is 0 Å². The zero-order valence-corrected chi connectivity index (χ0v) is 19.6. The largest absolute Gasteiger partial charge is 0.219 e. The predicted octanol–water partition coefficient (Wildman–Crippen LogP) is 7.05. The fourth-order valence-corrected chi connectivity index (χ4v) is 6.71. The van der Waals surface area contributed by atoms with Crippen LogP contribution in [0, 0.1) is 11.3 Å². The minimum Gasteiger partial charge on any atom is -0.219 e. The number of hydrogen-bond donors (Lipinski definition) is 0. The highest BCUT2D eigenvalue weighted by atomic mass is 35.5. The lowest BCUT2D eigenvalue weighted by molar-refractivity contribution is 0.594. The van der Waals surface area contributed by atoms with Gasteiger partial charge in [0.05, 0.1) is 15.9 Å². The van der Waals surface area contributed by atoms with Crippen LogP contribution in [0.2, 0.25) is 10.0 Å². The summed E-state index contributed by atoms with van der Waals surface area (Å²) in [4.78, 5) is 0.270. The minimum absolute atomic E-state index is 0.0998. The maximum atomic E-state index is 13.8. The molecule has 0 N–H and O–H groups in total. The van der Waals surface area contributed by atoms with Crippen molar-refractivity contribution in [3.63, 3.8) is 0 Å². The topological polar surface area (TPSA) is 57.9 Å². The number of sulfone groups is 1. The molecule has 0 bridgehead atoms. The molecule has 3 nitrogen and oxygen atoms in total. The van der Waals surface area contributed by atoms with Crippen LogP contribution in [0.1, 0.15) is 28.2 Å². The first-order valence-electron chi connectivity index (χ1n) is 10.3. The molecule has 1 atom stereocenters. The molecule has 162 valence electrons. The lowest BCUT2D eigenvalue weighted by Gasteiger charge is -2.21. The van der Waals surface area contributed by atoms with Gasteiger partial charge in [-0.3, -0.25) is 0 Å². The molecular weight excluding hydrogens is 473 g/mol. The second-order valence-electron chi connectivity index (χ2n) is 7.85. The summed E-state index contributed by atoms with van der Waals surface area (Å²) in [6.07, 6.45) is 0.527. The number of nitrogens with zero attached hydrogens (tertiary/aromatic N) is 1. The van der Waals surface area contributed by atoms with Gasteiger partial charge in [-0.05, 0) is 64.6 Å². The molecule has 0 aromatic heterocycles. The van der Waals surface area contributed by atoms with Gasteiger partial charge in [0.1, 0.15) is 5.92 Å². The van der Waals surface area contributed by atoms with E-state index in [1.54, 1.807) is 54.6 Å². The molecule has 5 rings (SSSR count). The molecule has 0 aliphatic heterocycles. The van der Waals surface area contributed by atoms with Gasteiger partial charge in [0, 0.05) is 15.6 Å². The number of rotatable bonds is 4. The third kappa shape index (κ3) is 3.54. The van der Waals surface area contributed by atoms with Crippen LogP contribution < -0.4 is 0 Å². The van der Waals surface area contributed by atoms with Gasteiger partial charge >= 0.3 is 0 Å². The van der Waals surface area contributed by atoms with Crippen LogP contribution in [-0.4, -0.2) is 8.42 Å². The fourth-order valence-electron chi connectivity index (χ4n) is 4.55. The molecule has 0 saturated heterocycles. The first kappa shape index (κ1) is 21.7. The van der Waals surface area contributed by atoms with Gasteiger partial charge in [0.15, 0.2) is 0 Å². The summed E-state index contributed by atoms with van der Waals surface area (Å²) in [5.41, 5.74) is 4.72. The lowest BCUT2D eigenvalue weighted by Crippen LogP contribution is -2.13. The number of nitriles is 1. The maximum absolute atomic E-state index is 13.8. The summed E-state index contributed by atoms with van der Waals surface area (Å²) in [5, 5.41) is 11.0. The number of halogens is 2. The van der Waals surface area contributed by atoms with Gasteiger partial charge in [-0.2, -0.15) is 5.26 Å². The molecule has 0 fully saturated rings. The molecule has 33 heavy (non-hydrogen) atoms. The molecule has 0 saturated carbocycles. The van der Waals surface area contributed by atoms with Crippen molar-refractivity contribution in [2.45, 2.75) is 22.1 Å². The van der Waals surface area contributed by atoms with E-state index in [-0.39, 0.29) is 9.79 Å². The summed E-state index contributed by atoms with van der Waals surface area (Å²) in [6.45, 7) is 0. The zero-order valence-electron chi connectivity index (χ0n) is 17.3. The van der Waals surface area contributed by atoms with Crippen LogP contribution in [0.4, 0.5) is 0 Å². The van der Waals surface area contributed by atoms with E-state index < -0.39 is 15.8 Å². The van der Waals surface area contributed by atoms with Gasteiger partial charge in [-0.1, -0.05) is 77.8 Å². The SMILES string of the molecule is N#CC(c1c(Cl)cccc1Cl)c1c(S(=O)(=O)c2ccccc2)ccc2c1Cc1ccccc1-2. The summed E-state index contributed by atoms with van der Waals surface area (Å²) in [5.74, 6) is -0.955. The molecule has 0 heterocycles. The lowest BCUT2D eigenvalue weighted by atomic mass is 9.87. The van der Waals surface area contributed by atoms with Crippen molar-refractivity contribution in [3.05, 3.63) is 117 Å². The van der Waals surface area contributed by atoms with Crippen LogP contribution in [0.5, 0.6) is 0 Å². The molecule has 1 aliphatic rings. The van der Waals surface area contributed by atoms with Gasteiger partial charge < -0.3 is 0 Å². The molecule has 1 aliphatic carbocycles. The van der Waals surface area contributed by atoms with Crippen LogP contribution >= 0.6 is 23.2 Å². The second kappa shape index (κ2) is 8.35. The van der Waals surface area contributed by atoms with Crippen molar-refractivity contribution in [3.8, 4) is 17.2 Å². The number of hydrogen-bond acceptors (Lipinski definition) is 3. The Morgan fingerprint density at radius 2 is 1.42 bits per heavy atom. The Balaban J connectivity index is 1.85. The first-order valence-corrected chi connectivity index (χ1v) is 12.5. The average molecular weight is 490 g/mol. The minimum atomic E-state index is -3.90. The van der Waals surface area contributed by atoms with E-state index in [0.29, 0.717) is 27.6 Å².